The minimum Gasteiger partial charge on any atom is -0.351 e. The Morgan fingerprint density at radius 2 is 2.30 bits per heavy atom. The molecule has 102 valence electrons. The van der Waals surface area contributed by atoms with Crippen LogP contribution in [0, 0.1) is 5.41 Å². The fourth-order valence-electron chi connectivity index (χ4n) is 2.77. The van der Waals surface area contributed by atoms with Crippen LogP contribution in [-0.2, 0) is 7.05 Å². The third-order valence-electron chi connectivity index (χ3n) is 4.01. The number of aliphatic imine (C=N–C) groups is 1. The zero-order valence-corrected chi connectivity index (χ0v) is 12.0. The van der Waals surface area contributed by atoms with Gasteiger partial charge in [0.2, 0.25) is 0 Å². The zero-order valence-electron chi connectivity index (χ0n) is 12.0. The van der Waals surface area contributed by atoms with Crippen LogP contribution in [-0.4, -0.2) is 36.4 Å². The topological polar surface area (TPSA) is 53.2 Å². The molecule has 0 spiro atoms. The Kier molecular flexibility index (Phi) is 3.44. The average molecular weight is 266 g/mol. The molecule has 4 nitrogen and oxygen atoms in total. The third-order valence-corrected chi connectivity index (χ3v) is 4.01. The molecule has 1 unspecified atom stereocenters. The van der Waals surface area contributed by atoms with E-state index in [1.165, 1.54) is 11.8 Å². The van der Waals surface area contributed by atoms with Gasteiger partial charge in [0.05, 0.1) is 0 Å². The first kappa shape index (κ1) is 13.1. The van der Waals surface area contributed by atoms with E-state index in [1.54, 1.807) is 0 Å². The van der Waals surface area contributed by atoms with Crippen LogP contribution in [0.4, 0.5) is 0 Å². The van der Waals surface area contributed by atoms with Crippen molar-refractivity contribution in [3.63, 3.8) is 0 Å². The average Bonchev–Trinajstić information content (AvgIpc) is 3.09. The first-order valence-electron chi connectivity index (χ1n) is 7.08. The number of aromatic nitrogens is 1. The monoisotopic (exact) mass is 266 g/mol. The van der Waals surface area contributed by atoms with Gasteiger partial charge in [-0.15, -0.1) is 0 Å². The van der Waals surface area contributed by atoms with E-state index in [1.807, 2.05) is 33.2 Å². The Morgan fingerprint density at radius 3 is 3.05 bits per heavy atom. The van der Waals surface area contributed by atoms with Gasteiger partial charge in [-0.1, -0.05) is 12.1 Å². The number of nitrogens with zero attached hydrogens (tertiary/aromatic N) is 2. The van der Waals surface area contributed by atoms with Crippen molar-refractivity contribution < 1.29 is 0 Å². The van der Waals surface area contributed by atoms with Gasteiger partial charge >= 0.3 is 0 Å². The number of amidine groups is 1. The summed E-state index contributed by atoms with van der Waals surface area (Å²) in [6.07, 6.45) is 4.36. The molecule has 0 aliphatic carbocycles. The van der Waals surface area contributed by atoms with Crippen LogP contribution < -0.4 is 5.32 Å². The largest absolute Gasteiger partial charge is 0.351 e. The van der Waals surface area contributed by atoms with Crippen molar-refractivity contribution in [1.82, 2.24) is 9.88 Å². The quantitative estimate of drug-likeness (QED) is 0.480. The maximum absolute atomic E-state index is 8.20. The lowest BCUT2D eigenvalue weighted by Gasteiger charge is -2.10. The van der Waals surface area contributed by atoms with Crippen molar-refractivity contribution >= 4 is 30.2 Å². The van der Waals surface area contributed by atoms with Gasteiger partial charge in [-0.05, 0) is 42.5 Å². The first-order chi connectivity index (χ1) is 9.65. The molecule has 2 heterocycles. The highest BCUT2D eigenvalue weighted by Crippen LogP contribution is 2.17. The van der Waals surface area contributed by atoms with Gasteiger partial charge in [0, 0.05) is 30.4 Å². The third kappa shape index (κ3) is 2.41. The highest BCUT2D eigenvalue weighted by atomic mass is 15.0. The second kappa shape index (κ2) is 5.25. The maximum Gasteiger partial charge on any atom is 0.160 e. The molecule has 1 aliphatic rings. The molecule has 1 aromatic carbocycles. The van der Waals surface area contributed by atoms with Crippen molar-refractivity contribution in [2.24, 2.45) is 12.0 Å². The predicted octanol–water partition coefficient (Wildman–Crippen LogP) is 1.29. The summed E-state index contributed by atoms with van der Waals surface area (Å²) in [5.41, 5.74) is 3.02. The summed E-state index contributed by atoms with van der Waals surface area (Å²) in [6.45, 7) is 1.06. The fraction of sp³-hybridized carbons (Fsp3) is 0.333. The first-order valence-corrected chi connectivity index (χ1v) is 7.08. The number of nitrogens with one attached hydrogen (secondary N) is 2. The Bertz CT molecular complexity index is 680. The van der Waals surface area contributed by atoms with E-state index >= 15 is 0 Å². The van der Waals surface area contributed by atoms with Crippen LogP contribution in [0.2, 0.25) is 0 Å². The minimum atomic E-state index is 0.342. The van der Waals surface area contributed by atoms with E-state index in [4.69, 9.17) is 5.41 Å². The standard InChI is InChI=1S/C15H19BN4/c1-20-8-6-10-4-5-11(9-13(10)20)15(17)19-14(16)12-3-2-7-18-12/h4-6,8-9,12,17-18H,2-3,7,16H2,1H3/b17-15?,19-14-. The summed E-state index contributed by atoms with van der Waals surface area (Å²) in [7, 11) is 4.03. The summed E-state index contributed by atoms with van der Waals surface area (Å²) in [4.78, 5) is 4.48. The van der Waals surface area contributed by atoms with Crippen molar-refractivity contribution in [2.45, 2.75) is 18.9 Å². The molecule has 0 amide bonds. The SMILES string of the molecule is B/C(=N\C(=N)c1ccc2ccn(C)c2c1)C1CCCN1. The van der Waals surface area contributed by atoms with Crippen LogP contribution in [0.15, 0.2) is 35.5 Å². The number of benzene rings is 1. The predicted molar refractivity (Wildman–Crippen MR) is 86.8 cm³/mol. The lowest BCUT2D eigenvalue weighted by Crippen LogP contribution is -2.31. The number of hydrogen-bond donors (Lipinski definition) is 2. The number of hydrogen-bond acceptors (Lipinski definition) is 2. The summed E-state index contributed by atoms with van der Waals surface area (Å²) in [6, 6.07) is 8.49. The zero-order chi connectivity index (χ0) is 14.1. The summed E-state index contributed by atoms with van der Waals surface area (Å²) in [5.74, 6) is 0.347. The molecule has 0 bridgehead atoms. The van der Waals surface area contributed by atoms with Crippen molar-refractivity contribution in [3.05, 3.63) is 36.0 Å². The van der Waals surface area contributed by atoms with Gasteiger partial charge in [0.1, 0.15) is 0 Å². The molecule has 1 fully saturated rings. The van der Waals surface area contributed by atoms with E-state index in [-0.39, 0.29) is 0 Å². The smallest absolute Gasteiger partial charge is 0.160 e. The van der Waals surface area contributed by atoms with Crippen LogP contribution in [0.3, 0.4) is 0 Å². The molecule has 3 rings (SSSR count). The van der Waals surface area contributed by atoms with Crippen molar-refractivity contribution in [2.75, 3.05) is 6.54 Å². The van der Waals surface area contributed by atoms with Crippen LogP contribution in [0.1, 0.15) is 18.4 Å². The lowest BCUT2D eigenvalue weighted by atomic mass is 9.92. The Balaban J connectivity index is 1.87. The number of rotatable bonds is 2. The Hall–Kier alpha value is -1.88. The van der Waals surface area contributed by atoms with Gasteiger partial charge in [-0.2, -0.15) is 0 Å². The molecular weight excluding hydrogens is 247 g/mol. The van der Waals surface area contributed by atoms with E-state index in [2.05, 4.69) is 27.0 Å². The molecule has 2 aromatic rings. The highest BCUT2D eigenvalue weighted by molar-refractivity contribution is 6.62. The van der Waals surface area contributed by atoms with Crippen LogP contribution >= 0.6 is 0 Å². The van der Waals surface area contributed by atoms with Crippen molar-refractivity contribution in [1.29, 1.82) is 5.41 Å². The Morgan fingerprint density at radius 1 is 1.45 bits per heavy atom. The summed E-state index contributed by atoms with van der Waals surface area (Å²) < 4.78 is 2.07. The highest BCUT2D eigenvalue weighted by Gasteiger charge is 2.17. The van der Waals surface area contributed by atoms with Crippen molar-refractivity contribution in [3.8, 4) is 0 Å². The fourth-order valence-corrected chi connectivity index (χ4v) is 2.77. The van der Waals surface area contributed by atoms with E-state index in [9.17, 15) is 0 Å². The number of fused-ring (bicyclic) bond motifs is 1. The molecule has 2 N–H and O–H groups in total. The van der Waals surface area contributed by atoms with E-state index < -0.39 is 0 Å². The van der Waals surface area contributed by atoms with E-state index in [0.29, 0.717) is 11.9 Å². The van der Waals surface area contributed by atoms with E-state index in [0.717, 1.165) is 29.7 Å². The molecule has 5 heteroatoms. The molecule has 0 saturated carbocycles. The molecule has 1 saturated heterocycles. The minimum absolute atomic E-state index is 0.342. The van der Waals surface area contributed by atoms with Crippen LogP contribution in [0.5, 0.6) is 0 Å². The molecular formula is C15H19BN4. The summed E-state index contributed by atoms with van der Waals surface area (Å²) in [5, 5.41) is 12.8. The van der Waals surface area contributed by atoms with Gasteiger partial charge in [0.15, 0.2) is 13.7 Å². The van der Waals surface area contributed by atoms with Gasteiger partial charge < -0.3 is 9.88 Å². The molecule has 1 aliphatic heterocycles. The Labute approximate surface area is 119 Å². The maximum atomic E-state index is 8.20. The van der Waals surface area contributed by atoms with Crippen LogP contribution in [0.25, 0.3) is 10.9 Å². The summed E-state index contributed by atoms with van der Waals surface area (Å²) >= 11 is 0. The molecule has 20 heavy (non-hydrogen) atoms. The van der Waals surface area contributed by atoms with Gasteiger partial charge in [-0.25, -0.2) is 4.99 Å². The molecule has 0 radical (unpaired) electrons. The molecule has 1 atom stereocenters. The normalized spacial score (nSPS) is 19.6. The lowest BCUT2D eigenvalue weighted by molar-refractivity contribution is 0.770. The van der Waals surface area contributed by atoms with Gasteiger partial charge in [-0.3, -0.25) is 5.41 Å². The second-order valence-electron chi connectivity index (χ2n) is 5.45. The van der Waals surface area contributed by atoms with Gasteiger partial charge in [0.25, 0.3) is 0 Å². The molecule has 1 aromatic heterocycles. The second-order valence-corrected chi connectivity index (χ2v) is 5.45. The number of aryl methyl sites for hydroxylation is 1.